The van der Waals surface area contributed by atoms with Crippen LogP contribution >= 0.6 is 0 Å². The van der Waals surface area contributed by atoms with Gasteiger partial charge in [-0.1, -0.05) is 65.7 Å². The molecule has 8 aromatic rings. The van der Waals surface area contributed by atoms with Crippen molar-refractivity contribution in [2.45, 2.75) is 20.8 Å². The summed E-state index contributed by atoms with van der Waals surface area (Å²) in [6.45, 7) is 6.24. The van der Waals surface area contributed by atoms with Crippen LogP contribution in [0.2, 0.25) is 0 Å². The normalized spacial score (nSPS) is 11.4. The zero-order chi connectivity index (χ0) is 30.8. The predicted octanol–water partition coefficient (Wildman–Crippen LogP) is 10.2. The Balaban J connectivity index is 1.57. The van der Waals surface area contributed by atoms with E-state index in [1.807, 2.05) is 19.1 Å². The van der Waals surface area contributed by atoms with Crippen LogP contribution in [0.25, 0.3) is 66.1 Å². The largest absolute Gasteiger partial charge is 0.308 e. The van der Waals surface area contributed by atoms with Gasteiger partial charge in [-0.05, 0) is 98.1 Å². The third kappa shape index (κ3) is 4.04. The van der Waals surface area contributed by atoms with Crippen molar-refractivity contribution in [2.75, 3.05) is 0 Å². The molecule has 0 aliphatic carbocycles. The van der Waals surface area contributed by atoms with Crippen molar-refractivity contribution in [3.8, 4) is 34.6 Å². The number of fused-ring (bicyclic) bond motifs is 6. The van der Waals surface area contributed by atoms with Crippen LogP contribution in [0.15, 0.2) is 115 Å². The SMILES string of the molecule is Cc1cc(C#N)cc(-c2cc(-n3c4ccccc4c4cc(C)ccc43)c(C#N)c(-n3c4ccccc4c4cc(C)ccc43)c2)c1. The molecular formula is C41H28N4. The van der Waals surface area contributed by atoms with E-state index in [4.69, 9.17) is 0 Å². The third-order valence-corrected chi connectivity index (χ3v) is 8.89. The van der Waals surface area contributed by atoms with Crippen molar-refractivity contribution in [3.63, 3.8) is 0 Å². The van der Waals surface area contributed by atoms with Crippen molar-refractivity contribution in [2.24, 2.45) is 0 Å². The fourth-order valence-electron chi connectivity index (χ4n) is 6.95. The maximum Gasteiger partial charge on any atom is 0.104 e. The Morgan fingerprint density at radius 1 is 0.444 bits per heavy atom. The maximum atomic E-state index is 11.0. The summed E-state index contributed by atoms with van der Waals surface area (Å²) < 4.78 is 4.46. The van der Waals surface area contributed by atoms with Gasteiger partial charge in [-0.2, -0.15) is 10.5 Å². The van der Waals surface area contributed by atoms with E-state index < -0.39 is 0 Å². The highest BCUT2D eigenvalue weighted by atomic mass is 15.0. The average molecular weight is 577 g/mol. The quantitative estimate of drug-likeness (QED) is 0.210. The molecule has 0 bridgehead atoms. The van der Waals surface area contributed by atoms with Crippen LogP contribution in [0.3, 0.4) is 0 Å². The molecule has 0 saturated heterocycles. The predicted molar refractivity (Wildman–Crippen MR) is 184 cm³/mol. The molecule has 0 fully saturated rings. The molecule has 0 radical (unpaired) electrons. The molecule has 2 heterocycles. The second-order valence-electron chi connectivity index (χ2n) is 11.9. The maximum absolute atomic E-state index is 11.0. The molecule has 212 valence electrons. The van der Waals surface area contributed by atoms with E-state index in [-0.39, 0.29) is 0 Å². The molecule has 0 saturated carbocycles. The number of aryl methyl sites for hydroxylation is 3. The van der Waals surface area contributed by atoms with E-state index >= 15 is 0 Å². The first-order valence-electron chi connectivity index (χ1n) is 15.1. The second kappa shape index (κ2) is 9.98. The van der Waals surface area contributed by atoms with Gasteiger partial charge in [0.1, 0.15) is 11.6 Å². The summed E-state index contributed by atoms with van der Waals surface area (Å²) in [5.41, 5.74) is 12.2. The van der Waals surface area contributed by atoms with Crippen molar-refractivity contribution in [1.29, 1.82) is 10.5 Å². The van der Waals surface area contributed by atoms with Crippen LogP contribution in [-0.2, 0) is 0 Å². The lowest BCUT2D eigenvalue weighted by molar-refractivity contribution is 1.12. The van der Waals surface area contributed by atoms with Gasteiger partial charge in [0.15, 0.2) is 0 Å². The lowest BCUT2D eigenvalue weighted by Crippen LogP contribution is -2.05. The first-order valence-corrected chi connectivity index (χ1v) is 15.1. The Kier molecular flexibility index (Phi) is 5.88. The van der Waals surface area contributed by atoms with E-state index in [0.717, 1.165) is 71.7 Å². The minimum Gasteiger partial charge on any atom is -0.308 e. The van der Waals surface area contributed by atoms with Crippen LogP contribution < -0.4 is 0 Å². The van der Waals surface area contributed by atoms with Gasteiger partial charge in [-0.25, -0.2) is 0 Å². The summed E-state index contributed by atoms with van der Waals surface area (Å²) in [4.78, 5) is 0. The summed E-state index contributed by atoms with van der Waals surface area (Å²) in [7, 11) is 0. The first kappa shape index (κ1) is 26.5. The van der Waals surface area contributed by atoms with Gasteiger partial charge in [-0.3, -0.25) is 0 Å². The molecule has 4 nitrogen and oxygen atoms in total. The number of nitrogens with zero attached hydrogens (tertiary/aromatic N) is 4. The highest BCUT2D eigenvalue weighted by molar-refractivity contribution is 6.11. The Bertz CT molecular complexity index is 2460. The number of benzene rings is 6. The topological polar surface area (TPSA) is 57.4 Å². The highest BCUT2D eigenvalue weighted by Crippen LogP contribution is 2.40. The molecule has 45 heavy (non-hydrogen) atoms. The van der Waals surface area contributed by atoms with Crippen molar-refractivity contribution in [1.82, 2.24) is 9.13 Å². The van der Waals surface area contributed by atoms with Crippen molar-refractivity contribution < 1.29 is 0 Å². The third-order valence-electron chi connectivity index (χ3n) is 8.89. The van der Waals surface area contributed by atoms with Gasteiger partial charge >= 0.3 is 0 Å². The molecule has 0 aliphatic heterocycles. The number of aromatic nitrogens is 2. The Morgan fingerprint density at radius 3 is 1.44 bits per heavy atom. The molecule has 2 aromatic heterocycles. The molecule has 0 unspecified atom stereocenters. The minimum absolute atomic E-state index is 0.582. The van der Waals surface area contributed by atoms with E-state index in [1.165, 1.54) is 11.1 Å². The van der Waals surface area contributed by atoms with Gasteiger partial charge in [0.2, 0.25) is 0 Å². The van der Waals surface area contributed by atoms with Crippen LogP contribution in [0.1, 0.15) is 27.8 Å². The standard InChI is InChI=1S/C41H28N4/c1-25-12-14-38-33(18-25)31-8-4-6-10-36(31)44(38)40-21-30(29-17-27(3)16-28(20-29)23-42)22-41(35(40)24-43)45-37-11-7-5-9-32(37)34-19-26(2)13-15-39(34)45/h4-22H,1-3H3. The minimum atomic E-state index is 0.582. The monoisotopic (exact) mass is 576 g/mol. The Morgan fingerprint density at radius 2 is 0.933 bits per heavy atom. The first-order chi connectivity index (χ1) is 21.9. The average Bonchev–Trinajstić information content (AvgIpc) is 3.55. The Labute approximate surface area is 261 Å². The highest BCUT2D eigenvalue weighted by Gasteiger charge is 2.22. The van der Waals surface area contributed by atoms with E-state index in [0.29, 0.717) is 11.1 Å². The summed E-state index contributed by atoms with van der Waals surface area (Å²) in [5.74, 6) is 0. The second-order valence-corrected chi connectivity index (χ2v) is 11.9. The fourth-order valence-corrected chi connectivity index (χ4v) is 6.95. The van der Waals surface area contributed by atoms with Gasteiger partial charge in [0.25, 0.3) is 0 Å². The number of nitriles is 2. The summed E-state index contributed by atoms with van der Waals surface area (Å²) in [6, 6.07) is 45.0. The number of rotatable bonds is 3. The van der Waals surface area contributed by atoms with Crippen LogP contribution in [0.5, 0.6) is 0 Å². The van der Waals surface area contributed by atoms with Gasteiger partial charge in [0.05, 0.1) is 45.1 Å². The summed E-state index contributed by atoms with van der Waals surface area (Å²) in [6.07, 6.45) is 0. The summed E-state index contributed by atoms with van der Waals surface area (Å²) >= 11 is 0. The zero-order valence-corrected chi connectivity index (χ0v) is 25.3. The van der Waals surface area contributed by atoms with Crippen molar-refractivity contribution in [3.05, 3.63) is 143 Å². The molecule has 8 rings (SSSR count). The Hall–Kier alpha value is -6.10. The van der Waals surface area contributed by atoms with Crippen LogP contribution in [0.4, 0.5) is 0 Å². The molecule has 0 atom stereocenters. The lowest BCUT2D eigenvalue weighted by atomic mass is 9.97. The van der Waals surface area contributed by atoms with Gasteiger partial charge < -0.3 is 9.13 Å². The van der Waals surface area contributed by atoms with E-state index in [1.54, 1.807) is 0 Å². The van der Waals surface area contributed by atoms with E-state index in [2.05, 4.69) is 138 Å². The number of hydrogen-bond donors (Lipinski definition) is 0. The lowest BCUT2D eigenvalue weighted by Gasteiger charge is -2.18. The molecule has 6 aromatic carbocycles. The molecule has 0 amide bonds. The zero-order valence-electron chi connectivity index (χ0n) is 25.3. The van der Waals surface area contributed by atoms with Gasteiger partial charge in [0, 0.05) is 21.5 Å². The van der Waals surface area contributed by atoms with Crippen LogP contribution in [0, 0.1) is 43.4 Å². The number of para-hydroxylation sites is 2. The van der Waals surface area contributed by atoms with Crippen LogP contribution in [-0.4, -0.2) is 9.13 Å². The van der Waals surface area contributed by atoms with E-state index in [9.17, 15) is 10.5 Å². The summed E-state index contributed by atoms with van der Waals surface area (Å²) in [5, 5.41) is 25.5. The molecular weight excluding hydrogens is 548 g/mol. The number of hydrogen-bond acceptors (Lipinski definition) is 2. The van der Waals surface area contributed by atoms with Crippen molar-refractivity contribution >= 4 is 43.6 Å². The fraction of sp³-hybridized carbons (Fsp3) is 0.0732. The molecule has 0 N–H and O–H groups in total. The molecule has 4 heteroatoms. The molecule has 0 aliphatic rings. The van der Waals surface area contributed by atoms with Gasteiger partial charge in [-0.15, -0.1) is 0 Å². The molecule has 0 spiro atoms. The smallest absolute Gasteiger partial charge is 0.104 e.